The maximum atomic E-state index is 12.1. The van der Waals surface area contributed by atoms with Gasteiger partial charge in [0.25, 0.3) is 0 Å². The van der Waals surface area contributed by atoms with Gasteiger partial charge in [0.15, 0.2) is 0 Å². The van der Waals surface area contributed by atoms with Gasteiger partial charge in [-0.15, -0.1) is 0 Å². The zero-order valence-corrected chi connectivity index (χ0v) is 13.4. The molecule has 1 atom stereocenters. The number of hydrogen-bond donors (Lipinski definition) is 1. The van der Waals surface area contributed by atoms with Gasteiger partial charge < -0.3 is 10.1 Å². The molecule has 1 amide bonds. The lowest BCUT2D eigenvalue weighted by Crippen LogP contribution is -2.31. The van der Waals surface area contributed by atoms with Crippen molar-refractivity contribution in [1.29, 1.82) is 0 Å². The zero-order chi connectivity index (χ0) is 16.1. The summed E-state index contributed by atoms with van der Waals surface area (Å²) in [6.45, 7) is 0.693. The molecule has 0 radical (unpaired) electrons. The number of carbonyl (C=O) groups excluding carboxylic acids is 1. The average molecular weight is 310 g/mol. The minimum absolute atomic E-state index is 0.0543. The number of benzene rings is 1. The highest BCUT2D eigenvalue weighted by molar-refractivity contribution is 5.78. The monoisotopic (exact) mass is 310 g/mol. The Morgan fingerprint density at radius 3 is 3.09 bits per heavy atom. The highest BCUT2D eigenvalue weighted by Gasteiger charge is 2.21. The second-order valence-electron chi connectivity index (χ2n) is 6.00. The molecule has 0 fully saturated rings. The van der Waals surface area contributed by atoms with Crippen molar-refractivity contribution in [2.75, 3.05) is 13.7 Å². The lowest BCUT2D eigenvalue weighted by Gasteiger charge is -2.26. The summed E-state index contributed by atoms with van der Waals surface area (Å²) in [5.41, 5.74) is 3.64. The van der Waals surface area contributed by atoms with E-state index in [1.165, 1.54) is 11.1 Å². The molecule has 0 saturated carbocycles. The van der Waals surface area contributed by atoms with Crippen LogP contribution in [0.1, 0.15) is 35.4 Å². The van der Waals surface area contributed by atoms with Crippen LogP contribution in [-0.2, 0) is 17.6 Å². The molecule has 3 rings (SSSR count). The minimum atomic E-state index is 0.0543. The Labute approximate surface area is 136 Å². The lowest BCUT2D eigenvalue weighted by molar-refractivity contribution is -0.120. The van der Waals surface area contributed by atoms with E-state index >= 15 is 0 Å². The van der Waals surface area contributed by atoms with Crippen LogP contribution in [0.2, 0.25) is 0 Å². The van der Waals surface area contributed by atoms with Gasteiger partial charge in [-0.25, -0.2) is 0 Å². The largest absolute Gasteiger partial charge is 0.497 e. The third-order valence-corrected chi connectivity index (χ3v) is 4.42. The van der Waals surface area contributed by atoms with Gasteiger partial charge in [0.2, 0.25) is 5.91 Å². The summed E-state index contributed by atoms with van der Waals surface area (Å²) in [5.74, 6) is 1.35. The van der Waals surface area contributed by atoms with Crippen molar-refractivity contribution < 1.29 is 9.53 Å². The summed E-state index contributed by atoms with van der Waals surface area (Å²) < 4.78 is 5.30. The van der Waals surface area contributed by atoms with Gasteiger partial charge in [-0.05, 0) is 54.2 Å². The van der Waals surface area contributed by atoms with Crippen molar-refractivity contribution in [1.82, 2.24) is 10.3 Å². The maximum absolute atomic E-state index is 12.1. The fraction of sp³-hybridized carbons (Fsp3) is 0.368. The second kappa shape index (κ2) is 7.27. The van der Waals surface area contributed by atoms with Crippen molar-refractivity contribution in [2.45, 2.75) is 31.6 Å². The van der Waals surface area contributed by atoms with Crippen LogP contribution >= 0.6 is 0 Å². The normalized spacial score (nSPS) is 16.5. The van der Waals surface area contributed by atoms with E-state index in [4.69, 9.17) is 4.74 Å². The molecule has 0 saturated heterocycles. The number of methoxy groups -OCH3 is 1. The molecule has 1 aromatic heterocycles. The number of hydrogen-bond acceptors (Lipinski definition) is 3. The molecule has 1 unspecified atom stereocenters. The summed E-state index contributed by atoms with van der Waals surface area (Å²) in [5, 5.41) is 3.07. The van der Waals surface area contributed by atoms with E-state index in [-0.39, 0.29) is 5.91 Å². The molecule has 0 bridgehead atoms. The lowest BCUT2D eigenvalue weighted by atomic mass is 9.82. The van der Waals surface area contributed by atoms with Crippen molar-refractivity contribution >= 4 is 5.91 Å². The predicted molar refractivity (Wildman–Crippen MR) is 89.6 cm³/mol. The number of amides is 1. The summed E-state index contributed by atoms with van der Waals surface area (Å²) >= 11 is 0. The Balaban J connectivity index is 1.60. The maximum Gasteiger partial charge on any atom is 0.224 e. The Kier molecular flexibility index (Phi) is 4.91. The van der Waals surface area contributed by atoms with Gasteiger partial charge in [0.05, 0.1) is 13.5 Å². The third kappa shape index (κ3) is 3.89. The van der Waals surface area contributed by atoms with Gasteiger partial charge in [-0.1, -0.05) is 12.1 Å². The van der Waals surface area contributed by atoms with E-state index in [0.29, 0.717) is 18.9 Å². The Hall–Kier alpha value is -2.36. The molecule has 4 nitrogen and oxygen atoms in total. The SMILES string of the molecule is COc1ccc2c(c1)CCCC2CNC(=O)Cc1cccnc1. The van der Waals surface area contributed by atoms with E-state index in [1.807, 2.05) is 18.2 Å². The smallest absolute Gasteiger partial charge is 0.224 e. The molecule has 1 aliphatic carbocycles. The van der Waals surface area contributed by atoms with Crippen LogP contribution in [0.15, 0.2) is 42.7 Å². The van der Waals surface area contributed by atoms with Crippen LogP contribution in [0.4, 0.5) is 0 Å². The van der Waals surface area contributed by atoms with E-state index in [1.54, 1.807) is 19.5 Å². The number of carbonyl (C=O) groups is 1. The molecule has 1 heterocycles. The van der Waals surface area contributed by atoms with Crippen molar-refractivity contribution in [3.05, 3.63) is 59.4 Å². The van der Waals surface area contributed by atoms with Crippen molar-refractivity contribution in [3.8, 4) is 5.75 Å². The number of rotatable bonds is 5. The second-order valence-corrected chi connectivity index (χ2v) is 6.00. The molecule has 2 aromatic rings. The van der Waals surface area contributed by atoms with E-state index in [9.17, 15) is 4.79 Å². The van der Waals surface area contributed by atoms with Gasteiger partial charge in [-0.3, -0.25) is 9.78 Å². The number of nitrogens with one attached hydrogen (secondary N) is 1. The molecular formula is C19H22N2O2. The Morgan fingerprint density at radius 1 is 1.39 bits per heavy atom. The first-order valence-corrected chi connectivity index (χ1v) is 8.08. The molecule has 0 aliphatic heterocycles. The van der Waals surface area contributed by atoms with E-state index in [2.05, 4.69) is 22.4 Å². The van der Waals surface area contributed by atoms with Crippen molar-refractivity contribution in [2.24, 2.45) is 0 Å². The van der Waals surface area contributed by atoms with E-state index < -0.39 is 0 Å². The number of pyridine rings is 1. The quantitative estimate of drug-likeness (QED) is 0.924. The van der Waals surface area contributed by atoms with E-state index in [0.717, 1.165) is 30.6 Å². The van der Waals surface area contributed by atoms with Crippen LogP contribution in [0.3, 0.4) is 0 Å². The van der Waals surface area contributed by atoms with Crippen LogP contribution in [0, 0.1) is 0 Å². The Bertz CT molecular complexity index is 670. The van der Waals surface area contributed by atoms with Crippen LogP contribution in [0.5, 0.6) is 5.75 Å². The van der Waals surface area contributed by atoms with Crippen molar-refractivity contribution in [3.63, 3.8) is 0 Å². The minimum Gasteiger partial charge on any atom is -0.497 e. The van der Waals surface area contributed by atoms with Crippen LogP contribution < -0.4 is 10.1 Å². The fourth-order valence-corrected chi connectivity index (χ4v) is 3.22. The number of aromatic nitrogens is 1. The van der Waals surface area contributed by atoms with Crippen LogP contribution in [-0.4, -0.2) is 24.5 Å². The first-order chi connectivity index (χ1) is 11.3. The van der Waals surface area contributed by atoms with Gasteiger partial charge in [0.1, 0.15) is 5.75 Å². The van der Waals surface area contributed by atoms with Crippen LogP contribution in [0.25, 0.3) is 0 Å². The average Bonchev–Trinajstić information content (AvgIpc) is 2.60. The highest BCUT2D eigenvalue weighted by Crippen LogP contribution is 2.33. The third-order valence-electron chi connectivity index (χ3n) is 4.42. The number of aryl methyl sites for hydroxylation is 1. The summed E-state index contributed by atoms with van der Waals surface area (Å²) in [7, 11) is 1.70. The first kappa shape index (κ1) is 15.5. The Morgan fingerprint density at radius 2 is 2.30 bits per heavy atom. The number of ether oxygens (including phenoxy) is 1. The predicted octanol–water partition coefficient (Wildman–Crippen LogP) is 2.87. The highest BCUT2D eigenvalue weighted by atomic mass is 16.5. The zero-order valence-electron chi connectivity index (χ0n) is 13.4. The standard InChI is InChI=1S/C19H22N2O2/c1-23-17-7-8-18-15(11-17)5-2-6-16(18)13-21-19(22)10-14-4-3-9-20-12-14/h3-4,7-9,11-12,16H,2,5-6,10,13H2,1H3,(H,21,22). The number of nitrogens with zero attached hydrogens (tertiary/aromatic N) is 1. The molecule has 1 aromatic carbocycles. The molecule has 1 N–H and O–H groups in total. The molecule has 0 spiro atoms. The summed E-state index contributed by atoms with van der Waals surface area (Å²) in [4.78, 5) is 16.2. The summed E-state index contributed by atoms with van der Waals surface area (Å²) in [6, 6.07) is 10.1. The molecule has 23 heavy (non-hydrogen) atoms. The number of fused-ring (bicyclic) bond motifs is 1. The topological polar surface area (TPSA) is 51.2 Å². The molecule has 4 heteroatoms. The summed E-state index contributed by atoms with van der Waals surface area (Å²) in [6.07, 6.45) is 7.20. The molecule has 1 aliphatic rings. The molecular weight excluding hydrogens is 288 g/mol. The first-order valence-electron chi connectivity index (χ1n) is 8.08. The van der Waals surface area contributed by atoms with Gasteiger partial charge in [-0.2, -0.15) is 0 Å². The fourth-order valence-electron chi connectivity index (χ4n) is 3.22. The molecule has 120 valence electrons. The van der Waals surface area contributed by atoms with Gasteiger partial charge in [0, 0.05) is 24.9 Å². The van der Waals surface area contributed by atoms with Gasteiger partial charge >= 0.3 is 0 Å².